The van der Waals surface area contributed by atoms with Gasteiger partial charge in [-0.1, -0.05) is 66.7 Å². The molecular formula is C21H19NO. The Hall–Kier alpha value is -2.87. The van der Waals surface area contributed by atoms with Crippen molar-refractivity contribution >= 4 is 17.3 Å². The van der Waals surface area contributed by atoms with E-state index in [2.05, 4.69) is 0 Å². The SMILES string of the molecule is Cc1ccccc1N(C(=O)Cc1ccccc1)c1ccccc1. The number of nitrogens with zero attached hydrogens (tertiary/aromatic N) is 1. The predicted molar refractivity (Wildman–Crippen MR) is 94.9 cm³/mol. The van der Waals surface area contributed by atoms with Crippen LogP contribution in [0.15, 0.2) is 84.9 Å². The lowest BCUT2D eigenvalue weighted by atomic mass is 10.1. The number of para-hydroxylation sites is 2. The molecule has 0 aliphatic rings. The second kappa shape index (κ2) is 6.93. The van der Waals surface area contributed by atoms with Gasteiger partial charge < -0.3 is 0 Å². The highest BCUT2D eigenvalue weighted by atomic mass is 16.2. The summed E-state index contributed by atoms with van der Waals surface area (Å²) in [6.07, 6.45) is 0.379. The number of rotatable bonds is 4. The minimum atomic E-state index is 0.0664. The van der Waals surface area contributed by atoms with Crippen LogP contribution in [0.4, 0.5) is 11.4 Å². The second-order valence-electron chi connectivity index (χ2n) is 5.51. The van der Waals surface area contributed by atoms with Gasteiger partial charge in [0.05, 0.1) is 12.1 Å². The molecule has 3 aromatic carbocycles. The number of benzene rings is 3. The average molecular weight is 301 g/mol. The third kappa shape index (κ3) is 3.49. The van der Waals surface area contributed by atoms with Gasteiger partial charge in [-0.3, -0.25) is 9.69 Å². The summed E-state index contributed by atoms with van der Waals surface area (Å²) in [6.45, 7) is 2.03. The maximum absolute atomic E-state index is 13.0. The van der Waals surface area contributed by atoms with E-state index in [4.69, 9.17) is 0 Å². The molecule has 0 aliphatic carbocycles. The first-order valence-corrected chi connectivity index (χ1v) is 7.73. The van der Waals surface area contributed by atoms with Gasteiger partial charge >= 0.3 is 0 Å². The second-order valence-corrected chi connectivity index (χ2v) is 5.51. The number of anilines is 2. The molecule has 0 spiro atoms. The molecule has 3 rings (SSSR count). The summed E-state index contributed by atoms with van der Waals surface area (Å²) < 4.78 is 0. The van der Waals surface area contributed by atoms with Gasteiger partial charge in [0.2, 0.25) is 5.91 Å². The number of aryl methyl sites for hydroxylation is 1. The minimum absolute atomic E-state index is 0.0664. The largest absolute Gasteiger partial charge is 0.281 e. The summed E-state index contributed by atoms with van der Waals surface area (Å²) in [5, 5.41) is 0. The summed E-state index contributed by atoms with van der Waals surface area (Å²) in [6, 6.07) is 27.6. The number of hydrogen-bond donors (Lipinski definition) is 0. The van der Waals surface area contributed by atoms with Crippen molar-refractivity contribution in [1.29, 1.82) is 0 Å². The third-order valence-corrected chi connectivity index (χ3v) is 3.82. The van der Waals surface area contributed by atoms with Gasteiger partial charge in [0.15, 0.2) is 0 Å². The van der Waals surface area contributed by atoms with Gasteiger partial charge in [0.25, 0.3) is 0 Å². The third-order valence-electron chi connectivity index (χ3n) is 3.82. The Morgan fingerprint density at radius 1 is 0.783 bits per heavy atom. The van der Waals surface area contributed by atoms with Gasteiger partial charge in [0, 0.05) is 5.69 Å². The van der Waals surface area contributed by atoms with E-state index in [0.29, 0.717) is 6.42 Å². The van der Waals surface area contributed by atoms with E-state index in [0.717, 1.165) is 22.5 Å². The average Bonchev–Trinajstić information content (AvgIpc) is 2.59. The van der Waals surface area contributed by atoms with Crippen LogP contribution in [0, 0.1) is 6.92 Å². The summed E-state index contributed by atoms with van der Waals surface area (Å²) in [7, 11) is 0. The molecule has 0 heterocycles. The molecule has 0 aliphatic heterocycles. The van der Waals surface area contributed by atoms with Crippen molar-refractivity contribution in [3.8, 4) is 0 Å². The van der Waals surface area contributed by atoms with E-state index in [1.807, 2.05) is 96.8 Å². The molecule has 0 fully saturated rings. The summed E-state index contributed by atoms with van der Waals surface area (Å²) in [5.41, 5.74) is 3.92. The first-order valence-electron chi connectivity index (χ1n) is 7.73. The first-order chi connectivity index (χ1) is 11.3. The maximum atomic E-state index is 13.0. The van der Waals surface area contributed by atoms with Crippen LogP contribution in [0.25, 0.3) is 0 Å². The van der Waals surface area contributed by atoms with Crippen LogP contribution in [0.2, 0.25) is 0 Å². The quantitative estimate of drug-likeness (QED) is 0.671. The van der Waals surface area contributed by atoms with Gasteiger partial charge in [0.1, 0.15) is 0 Å². The molecule has 0 radical (unpaired) electrons. The molecule has 0 N–H and O–H groups in total. The lowest BCUT2D eigenvalue weighted by Gasteiger charge is -2.25. The van der Waals surface area contributed by atoms with Crippen LogP contribution in [-0.2, 0) is 11.2 Å². The van der Waals surface area contributed by atoms with Crippen LogP contribution >= 0.6 is 0 Å². The predicted octanol–water partition coefficient (Wildman–Crippen LogP) is 4.90. The Bertz CT molecular complexity index is 781. The molecule has 23 heavy (non-hydrogen) atoms. The summed E-state index contributed by atoms with van der Waals surface area (Å²) in [4.78, 5) is 14.8. The molecule has 0 saturated heterocycles. The molecule has 0 atom stereocenters. The Morgan fingerprint density at radius 2 is 1.35 bits per heavy atom. The van der Waals surface area contributed by atoms with E-state index >= 15 is 0 Å². The molecule has 1 amide bonds. The Labute approximate surface area is 137 Å². The molecular weight excluding hydrogens is 282 g/mol. The zero-order valence-electron chi connectivity index (χ0n) is 13.1. The summed E-state index contributed by atoms with van der Waals surface area (Å²) >= 11 is 0. The normalized spacial score (nSPS) is 10.3. The molecule has 0 bridgehead atoms. The van der Waals surface area contributed by atoms with Crippen molar-refractivity contribution in [2.24, 2.45) is 0 Å². The Balaban J connectivity index is 1.99. The molecule has 0 unspecified atom stereocenters. The fourth-order valence-corrected chi connectivity index (χ4v) is 2.66. The molecule has 0 saturated carbocycles. The zero-order chi connectivity index (χ0) is 16.1. The van der Waals surface area contributed by atoms with Gasteiger partial charge in [-0.25, -0.2) is 0 Å². The van der Waals surface area contributed by atoms with Crippen molar-refractivity contribution in [2.75, 3.05) is 4.90 Å². The van der Waals surface area contributed by atoms with Crippen molar-refractivity contribution in [3.05, 3.63) is 96.1 Å². The van der Waals surface area contributed by atoms with Crippen LogP contribution < -0.4 is 4.90 Å². The van der Waals surface area contributed by atoms with E-state index in [9.17, 15) is 4.79 Å². The molecule has 3 aromatic rings. The molecule has 114 valence electrons. The maximum Gasteiger partial charge on any atom is 0.235 e. The minimum Gasteiger partial charge on any atom is -0.281 e. The number of carbonyl (C=O) groups is 1. The zero-order valence-corrected chi connectivity index (χ0v) is 13.1. The fraction of sp³-hybridized carbons (Fsp3) is 0.0952. The lowest BCUT2D eigenvalue weighted by molar-refractivity contribution is -0.117. The molecule has 2 nitrogen and oxygen atoms in total. The highest BCUT2D eigenvalue weighted by molar-refractivity contribution is 6.02. The standard InChI is InChI=1S/C21H19NO/c1-17-10-8-9-15-20(17)22(19-13-6-3-7-14-19)21(23)16-18-11-4-2-5-12-18/h2-15H,16H2,1H3. The van der Waals surface area contributed by atoms with Gasteiger partial charge in [-0.15, -0.1) is 0 Å². The Kier molecular flexibility index (Phi) is 4.53. The first kappa shape index (κ1) is 15.0. The highest BCUT2D eigenvalue weighted by Gasteiger charge is 2.19. The van der Waals surface area contributed by atoms with E-state index in [-0.39, 0.29) is 5.91 Å². The van der Waals surface area contributed by atoms with Gasteiger partial charge in [-0.05, 0) is 36.2 Å². The van der Waals surface area contributed by atoms with Crippen molar-refractivity contribution in [3.63, 3.8) is 0 Å². The number of carbonyl (C=O) groups excluding carboxylic acids is 1. The van der Waals surface area contributed by atoms with E-state index in [1.165, 1.54) is 0 Å². The molecule has 0 aromatic heterocycles. The lowest BCUT2D eigenvalue weighted by Crippen LogP contribution is -2.28. The monoisotopic (exact) mass is 301 g/mol. The van der Waals surface area contributed by atoms with E-state index in [1.54, 1.807) is 0 Å². The topological polar surface area (TPSA) is 20.3 Å². The van der Waals surface area contributed by atoms with Crippen LogP contribution in [0.1, 0.15) is 11.1 Å². The van der Waals surface area contributed by atoms with Crippen molar-refractivity contribution in [1.82, 2.24) is 0 Å². The fourth-order valence-electron chi connectivity index (χ4n) is 2.66. The smallest absolute Gasteiger partial charge is 0.235 e. The van der Waals surface area contributed by atoms with Crippen molar-refractivity contribution in [2.45, 2.75) is 13.3 Å². The highest BCUT2D eigenvalue weighted by Crippen LogP contribution is 2.29. The van der Waals surface area contributed by atoms with E-state index < -0.39 is 0 Å². The summed E-state index contributed by atoms with van der Waals surface area (Å²) in [5.74, 6) is 0.0664. The molecule has 2 heteroatoms. The van der Waals surface area contributed by atoms with Crippen LogP contribution in [0.3, 0.4) is 0 Å². The Morgan fingerprint density at radius 3 is 2.00 bits per heavy atom. The van der Waals surface area contributed by atoms with Crippen LogP contribution in [-0.4, -0.2) is 5.91 Å². The van der Waals surface area contributed by atoms with Crippen LogP contribution in [0.5, 0.6) is 0 Å². The van der Waals surface area contributed by atoms with Crippen molar-refractivity contribution < 1.29 is 4.79 Å². The van der Waals surface area contributed by atoms with Gasteiger partial charge in [-0.2, -0.15) is 0 Å². The number of amides is 1. The number of hydrogen-bond acceptors (Lipinski definition) is 1.